The molecule has 1 aromatic rings. The highest BCUT2D eigenvalue weighted by Gasteiger charge is 2.24. The van der Waals surface area contributed by atoms with Gasteiger partial charge in [-0.25, -0.2) is 4.99 Å². The molecule has 2 saturated carbocycles. The minimum Gasteiger partial charge on any atom is -0.356 e. The Bertz CT molecular complexity index is 606. The van der Waals surface area contributed by atoms with E-state index in [0.29, 0.717) is 12.6 Å². The topological polar surface area (TPSA) is 67.1 Å². The van der Waals surface area contributed by atoms with Gasteiger partial charge in [0.2, 0.25) is 0 Å². The SMILES string of the molecule is Cc1nnc(CN=C(NCC2CCC(C(C)C)CC2)NC2CCCC2)n1C. The molecule has 2 aliphatic rings. The molecule has 2 aliphatic carbocycles. The Balaban J connectivity index is 1.55. The average molecular weight is 375 g/mol. The monoisotopic (exact) mass is 374 g/mol. The summed E-state index contributed by atoms with van der Waals surface area (Å²) >= 11 is 0. The summed E-state index contributed by atoms with van der Waals surface area (Å²) in [7, 11) is 2.00. The molecule has 0 bridgehead atoms. The van der Waals surface area contributed by atoms with Gasteiger partial charge in [-0.05, 0) is 63.2 Å². The second-order valence-corrected chi connectivity index (χ2v) is 8.92. The van der Waals surface area contributed by atoms with E-state index in [9.17, 15) is 0 Å². The van der Waals surface area contributed by atoms with Crippen LogP contribution in [0.3, 0.4) is 0 Å². The van der Waals surface area contributed by atoms with Crippen molar-refractivity contribution in [2.24, 2.45) is 29.8 Å². The Morgan fingerprint density at radius 1 is 1.11 bits per heavy atom. The van der Waals surface area contributed by atoms with Gasteiger partial charge in [0.05, 0.1) is 0 Å². The largest absolute Gasteiger partial charge is 0.356 e. The molecule has 0 spiro atoms. The van der Waals surface area contributed by atoms with Gasteiger partial charge < -0.3 is 15.2 Å². The molecule has 0 saturated heterocycles. The van der Waals surface area contributed by atoms with Gasteiger partial charge in [-0.15, -0.1) is 10.2 Å². The lowest BCUT2D eigenvalue weighted by Gasteiger charge is -2.31. The molecule has 0 radical (unpaired) electrons. The van der Waals surface area contributed by atoms with E-state index in [2.05, 4.69) is 34.7 Å². The van der Waals surface area contributed by atoms with Crippen LogP contribution in [0.25, 0.3) is 0 Å². The van der Waals surface area contributed by atoms with E-state index in [-0.39, 0.29) is 0 Å². The van der Waals surface area contributed by atoms with E-state index < -0.39 is 0 Å². The van der Waals surface area contributed by atoms with Crippen molar-refractivity contribution < 1.29 is 0 Å². The van der Waals surface area contributed by atoms with Crippen molar-refractivity contribution >= 4 is 5.96 Å². The lowest BCUT2D eigenvalue weighted by molar-refractivity contribution is 0.224. The molecule has 6 nitrogen and oxygen atoms in total. The van der Waals surface area contributed by atoms with Crippen molar-refractivity contribution in [3.63, 3.8) is 0 Å². The van der Waals surface area contributed by atoms with Gasteiger partial charge in [-0.2, -0.15) is 0 Å². The first-order chi connectivity index (χ1) is 13.0. The second-order valence-electron chi connectivity index (χ2n) is 8.92. The van der Waals surface area contributed by atoms with E-state index in [0.717, 1.165) is 41.9 Å². The summed E-state index contributed by atoms with van der Waals surface area (Å²) in [6.07, 6.45) is 10.6. The average Bonchev–Trinajstić information content (AvgIpc) is 3.29. The van der Waals surface area contributed by atoms with Gasteiger partial charge in [0, 0.05) is 19.6 Å². The summed E-state index contributed by atoms with van der Waals surface area (Å²) in [4.78, 5) is 4.83. The van der Waals surface area contributed by atoms with Gasteiger partial charge in [0.15, 0.2) is 11.8 Å². The van der Waals surface area contributed by atoms with E-state index in [1.807, 2.05) is 18.5 Å². The van der Waals surface area contributed by atoms with Gasteiger partial charge >= 0.3 is 0 Å². The molecule has 6 heteroatoms. The third kappa shape index (κ3) is 5.69. The Hall–Kier alpha value is -1.59. The number of aliphatic imine (C=N–C) groups is 1. The molecule has 152 valence electrons. The van der Waals surface area contributed by atoms with Crippen LogP contribution in [0.1, 0.15) is 76.9 Å². The van der Waals surface area contributed by atoms with Gasteiger partial charge in [-0.3, -0.25) is 0 Å². The quantitative estimate of drug-likeness (QED) is 0.590. The van der Waals surface area contributed by atoms with Gasteiger partial charge in [-0.1, -0.05) is 26.7 Å². The minimum absolute atomic E-state index is 0.564. The minimum atomic E-state index is 0.564. The Morgan fingerprint density at radius 3 is 2.41 bits per heavy atom. The molecule has 27 heavy (non-hydrogen) atoms. The van der Waals surface area contributed by atoms with Crippen LogP contribution in [-0.4, -0.2) is 33.3 Å². The third-order valence-corrected chi connectivity index (χ3v) is 6.65. The fourth-order valence-electron chi connectivity index (χ4n) is 4.45. The van der Waals surface area contributed by atoms with E-state index in [1.54, 1.807) is 0 Å². The number of aryl methyl sites for hydroxylation is 1. The maximum absolute atomic E-state index is 4.83. The first kappa shape index (κ1) is 20.2. The highest BCUT2D eigenvalue weighted by atomic mass is 15.3. The Kier molecular flexibility index (Phi) is 7.13. The molecule has 0 amide bonds. The normalized spacial score (nSPS) is 24.6. The number of nitrogens with one attached hydrogen (secondary N) is 2. The fourth-order valence-corrected chi connectivity index (χ4v) is 4.45. The second kappa shape index (κ2) is 9.56. The standard InChI is InChI=1S/C21H38N6/c1-15(2)18-11-9-17(10-12-18)13-22-21(24-19-7-5-6-8-19)23-14-20-26-25-16(3)27(20)4/h15,17-19H,5-14H2,1-4H3,(H2,22,23,24). The first-order valence-corrected chi connectivity index (χ1v) is 10.9. The molecule has 2 fully saturated rings. The van der Waals surface area contributed by atoms with Crippen LogP contribution in [0.4, 0.5) is 0 Å². The van der Waals surface area contributed by atoms with Gasteiger partial charge in [0.25, 0.3) is 0 Å². The highest BCUT2D eigenvalue weighted by molar-refractivity contribution is 5.80. The predicted octanol–water partition coefficient (Wildman–Crippen LogP) is 3.56. The van der Waals surface area contributed by atoms with E-state index in [4.69, 9.17) is 4.99 Å². The van der Waals surface area contributed by atoms with Crippen molar-refractivity contribution in [2.45, 2.75) is 84.7 Å². The molecule has 1 heterocycles. The smallest absolute Gasteiger partial charge is 0.191 e. The number of aromatic nitrogens is 3. The predicted molar refractivity (Wildman–Crippen MR) is 111 cm³/mol. The van der Waals surface area contributed by atoms with Crippen molar-refractivity contribution in [1.82, 2.24) is 25.4 Å². The van der Waals surface area contributed by atoms with Crippen LogP contribution in [0, 0.1) is 24.7 Å². The van der Waals surface area contributed by atoms with Crippen LogP contribution in [0.15, 0.2) is 4.99 Å². The summed E-state index contributed by atoms with van der Waals surface area (Å²) in [6, 6.07) is 0.564. The molecule has 0 atom stereocenters. The van der Waals surface area contributed by atoms with Crippen molar-refractivity contribution in [3.05, 3.63) is 11.6 Å². The zero-order chi connectivity index (χ0) is 19.2. The van der Waals surface area contributed by atoms with Crippen LogP contribution in [0.5, 0.6) is 0 Å². The Labute approximate surface area is 164 Å². The maximum Gasteiger partial charge on any atom is 0.191 e. The first-order valence-electron chi connectivity index (χ1n) is 10.9. The lowest BCUT2D eigenvalue weighted by atomic mass is 9.77. The summed E-state index contributed by atoms with van der Waals surface area (Å²) in [6.45, 7) is 8.31. The molecule has 0 aromatic carbocycles. The highest BCUT2D eigenvalue weighted by Crippen LogP contribution is 2.32. The van der Waals surface area contributed by atoms with Crippen LogP contribution < -0.4 is 10.6 Å². The Morgan fingerprint density at radius 2 is 1.81 bits per heavy atom. The third-order valence-electron chi connectivity index (χ3n) is 6.65. The molecule has 0 unspecified atom stereocenters. The molecular weight excluding hydrogens is 336 g/mol. The van der Waals surface area contributed by atoms with Crippen LogP contribution in [-0.2, 0) is 13.6 Å². The van der Waals surface area contributed by atoms with Crippen molar-refractivity contribution in [2.75, 3.05) is 6.54 Å². The molecular formula is C21H38N6. The number of hydrogen-bond acceptors (Lipinski definition) is 3. The zero-order valence-corrected chi connectivity index (χ0v) is 17.7. The summed E-state index contributed by atoms with van der Waals surface area (Å²) in [5, 5.41) is 15.7. The van der Waals surface area contributed by atoms with Crippen molar-refractivity contribution in [1.29, 1.82) is 0 Å². The maximum atomic E-state index is 4.83. The van der Waals surface area contributed by atoms with E-state index in [1.165, 1.54) is 51.4 Å². The summed E-state index contributed by atoms with van der Waals surface area (Å²) in [5.74, 6) is 5.32. The summed E-state index contributed by atoms with van der Waals surface area (Å²) in [5.41, 5.74) is 0. The van der Waals surface area contributed by atoms with Crippen LogP contribution >= 0.6 is 0 Å². The zero-order valence-electron chi connectivity index (χ0n) is 17.7. The number of nitrogens with zero attached hydrogens (tertiary/aromatic N) is 4. The van der Waals surface area contributed by atoms with Crippen LogP contribution in [0.2, 0.25) is 0 Å². The van der Waals surface area contributed by atoms with E-state index >= 15 is 0 Å². The summed E-state index contributed by atoms with van der Waals surface area (Å²) < 4.78 is 2.02. The number of rotatable bonds is 6. The molecule has 3 rings (SSSR count). The number of guanidine groups is 1. The number of hydrogen-bond donors (Lipinski definition) is 2. The molecule has 0 aliphatic heterocycles. The molecule has 1 aromatic heterocycles. The lowest BCUT2D eigenvalue weighted by Crippen LogP contribution is -2.44. The fraction of sp³-hybridized carbons (Fsp3) is 0.857. The van der Waals surface area contributed by atoms with Gasteiger partial charge in [0.1, 0.15) is 12.4 Å². The van der Waals surface area contributed by atoms with Crippen molar-refractivity contribution in [3.8, 4) is 0 Å². The molecule has 2 N–H and O–H groups in total.